The third-order valence-electron chi connectivity index (χ3n) is 3.98. The molecule has 0 radical (unpaired) electrons. The molecule has 0 heterocycles. The third-order valence-corrected chi connectivity index (χ3v) is 3.98. The van der Waals surface area contributed by atoms with E-state index in [2.05, 4.69) is 10.5 Å². The van der Waals surface area contributed by atoms with Crippen molar-refractivity contribution in [2.24, 2.45) is 4.99 Å². The van der Waals surface area contributed by atoms with Gasteiger partial charge in [0.1, 0.15) is 5.75 Å². The number of hydrogen-bond donors (Lipinski definition) is 3. The summed E-state index contributed by atoms with van der Waals surface area (Å²) >= 11 is 0. The molecule has 0 bridgehead atoms. The lowest BCUT2D eigenvalue weighted by molar-refractivity contribution is 0.234. The first-order valence-corrected chi connectivity index (χ1v) is 8.17. The van der Waals surface area contributed by atoms with Gasteiger partial charge in [0.2, 0.25) is 0 Å². The Hall–Kier alpha value is -3.11. The summed E-state index contributed by atoms with van der Waals surface area (Å²) in [5.74, 6) is 0.661. The van der Waals surface area contributed by atoms with Crippen molar-refractivity contribution in [3.63, 3.8) is 0 Å². The van der Waals surface area contributed by atoms with Crippen LogP contribution < -0.4 is 5.48 Å². The number of hydrogen-bond acceptors (Lipinski definition) is 3. The molecule has 0 aliphatic carbocycles. The van der Waals surface area contributed by atoms with Crippen LogP contribution in [0.5, 0.6) is 5.75 Å². The summed E-state index contributed by atoms with van der Waals surface area (Å²) < 4.78 is 0. The molecule has 0 atom stereocenters. The van der Waals surface area contributed by atoms with Crippen LogP contribution in [0.25, 0.3) is 22.3 Å². The molecule has 0 unspecified atom stereocenters. The summed E-state index contributed by atoms with van der Waals surface area (Å²) in [7, 11) is 0. The van der Waals surface area contributed by atoms with Crippen molar-refractivity contribution in [3.05, 3.63) is 78.4 Å². The number of nitrogens with zero attached hydrogens (tertiary/aromatic N) is 1. The lowest BCUT2D eigenvalue weighted by Gasteiger charge is -2.16. The lowest BCUT2D eigenvalue weighted by atomic mass is 9.90. The first-order valence-electron chi connectivity index (χ1n) is 8.17. The zero-order valence-electron chi connectivity index (χ0n) is 14.0. The van der Waals surface area contributed by atoms with E-state index < -0.39 is 0 Å². The minimum Gasteiger partial charge on any atom is -0.508 e. The van der Waals surface area contributed by atoms with E-state index in [1.807, 2.05) is 67.6 Å². The molecule has 25 heavy (non-hydrogen) atoms. The van der Waals surface area contributed by atoms with E-state index in [0.717, 1.165) is 27.8 Å². The largest absolute Gasteiger partial charge is 0.508 e. The molecule has 0 aliphatic heterocycles. The topological polar surface area (TPSA) is 64.9 Å². The smallest absolute Gasteiger partial charge is 0.152 e. The zero-order valence-corrected chi connectivity index (χ0v) is 14.0. The average molecular weight is 332 g/mol. The number of amidine groups is 1. The maximum absolute atomic E-state index is 9.58. The fraction of sp³-hybridized carbons (Fsp3) is 0.0952. The van der Waals surface area contributed by atoms with Crippen LogP contribution in [0.3, 0.4) is 0 Å². The van der Waals surface area contributed by atoms with Crippen molar-refractivity contribution in [1.29, 1.82) is 0 Å². The van der Waals surface area contributed by atoms with E-state index in [1.165, 1.54) is 0 Å². The molecular weight excluding hydrogens is 312 g/mol. The monoisotopic (exact) mass is 332 g/mol. The Morgan fingerprint density at radius 2 is 1.60 bits per heavy atom. The van der Waals surface area contributed by atoms with Gasteiger partial charge in [0.25, 0.3) is 0 Å². The summed E-state index contributed by atoms with van der Waals surface area (Å²) in [6.07, 6.45) is 0. The molecule has 126 valence electrons. The summed E-state index contributed by atoms with van der Waals surface area (Å²) in [4.78, 5) is 4.36. The minimum atomic E-state index is 0.228. The molecule has 0 saturated carbocycles. The van der Waals surface area contributed by atoms with Crippen molar-refractivity contribution >= 4 is 5.84 Å². The van der Waals surface area contributed by atoms with Gasteiger partial charge in [0.05, 0.1) is 0 Å². The van der Waals surface area contributed by atoms with Gasteiger partial charge < -0.3 is 5.11 Å². The molecule has 0 aliphatic rings. The number of aromatic hydroxyl groups is 1. The van der Waals surface area contributed by atoms with Crippen molar-refractivity contribution in [1.82, 2.24) is 5.48 Å². The number of nitrogens with one attached hydrogen (secondary N) is 1. The first kappa shape index (κ1) is 16.7. The molecule has 0 aromatic heterocycles. The SMILES string of the molecule is CCN=C(NO)c1cccc(-c2ccc(O)cc2)c1-c1ccccc1. The number of phenols is 1. The molecule has 3 aromatic carbocycles. The van der Waals surface area contributed by atoms with E-state index in [0.29, 0.717) is 12.4 Å². The fourth-order valence-corrected chi connectivity index (χ4v) is 2.89. The quantitative estimate of drug-likeness (QED) is 0.375. The highest BCUT2D eigenvalue weighted by Gasteiger charge is 2.16. The van der Waals surface area contributed by atoms with Gasteiger partial charge in [-0.15, -0.1) is 0 Å². The van der Waals surface area contributed by atoms with Crippen LogP contribution in [0.2, 0.25) is 0 Å². The lowest BCUT2D eigenvalue weighted by Crippen LogP contribution is -2.21. The van der Waals surface area contributed by atoms with Crippen molar-refractivity contribution in [3.8, 4) is 28.0 Å². The second-order valence-electron chi connectivity index (χ2n) is 5.58. The molecule has 3 aromatic rings. The van der Waals surface area contributed by atoms with Crippen LogP contribution >= 0.6 is 0 Å². The number of benzene rings is 3. The maximum Gasteiger partial charge on any atom is 0.152 e. The molecule has 0 amide bonds. The van der Waals surface area contributed by atoms with Crippen LogP contribution in [-0.2, 0) is 0 Å². The Balaban J connectivity index is 2.29. The van der Waals surface area contributed by atoms with E-state index in [1.54, 1.807) is 12.1 Å². The zero-order chi connectivity index (χ0) is 17.6. The van der Waals surface area contributed by atoms with Gasteiger partial charge in [-0.2, -0.15) is 0 Å². The Bertz CT molecular complexity index is 872. The molecular formula is C21H20N2O2. The number of phenolic OH excluding ortho intramolecular Hbond substituents is 1. The Labute approximate surface area is 147 Å². The van der Waals surface area contributed by atoms with Gasteiger partial charge in [0.15, 0.2) is 5.84 Å². The van der Waals surface area contributed by atoms with Gasteiger partial charge >= 0.3 is 0 Å². The first-order chi connectivity index (χ1) is 12.2. The molecule has 0 saturated heterocycles. The molecule has 3 N–H and O–H groups in total. The van der Waals surface area contributed by atoms with E-state index in [9.17, 15) is 10.3 Å². The molecule has 4 nitrogen and oxygen atoms in total. The van der Waals surface area contributed by atoms with Gasteiger partial charge in [-0.3, -0.25) is 15.7 Å². The van der Waals surface area contributed by atoms with Gasteiger partial charge in [-0.25, -0.2) is 0 Å². The summed E-state index contributed by atoms with van der Waals surface area (Å²) in [5, 5.41) is 19.1. The predicted molar refractivity (Wildman–Crippen MR) is 101 cm³/mol. The van der Waals surface area contributed by atoms with Crippen LogP contribution in [0.15, 0.2) is 77.8 Å². The summed E-state index contributed by atoms with van der Waals surface area (Å²) in [6.45, 7) is 2.48. The number of hydroxylamine groups is 1. The highest BCUT2D eigenvalue weighted by atomic mass is 16.5. The van der Waals surface area contributed by atoms with Crippen LogP contribution in [0.4, 0.5) is 0 Å². The highest BCUT2D eigenvalue weighted by molar-refractivity contribution is 6.07. The molecule has 3 rings (SSSR count). The molecule has 0 fully saturated rings. The number of rotatable bonds is 4. The van der Waals surface area contributed by atoms with Crippen LogP contribution in [-0.4, -0.2) is 22.7 Å². The highest BCUT2D eigenvalue weighted by Crippen LogP contribution is 2.35. The predicted octanol–water partition coefficient (Wildman–Crippen LogP) is 4.47. The maximum atomic E-state index is 9.58. The van der Waals surface area contributed by atoms with Crippen LogP contribution in [0.1, 0.15) is 12.5 Å². The van der Waals surface area contributed by atoms with E-state index >= 15 is 0 Å². The van der Waals surface area contributed by atoms with Gasteiger partial charge in [0, 0.05) is 17.7 Å². The van der Waals surface area contributed by atoms with Crippen molar-refractivity contribution in [2.45, 2.75) is 6.92 Å². The minimum absolute atomic E-state index is 0.228. The second-order valence-corrected chi connectivity index (χ2v) is 5.58. The van der Waals surface area contributed by atoms with Crippen molar-refractivity contribution < 1.29 is 10.3 Å². The van der Waals surface area contributed by atoms with E-state index in [4.69, 9.17) is 0 Å². The fourth-order valence-electron chi connectivity index (χ4n) is 2.89. The van der Waals surface area contributed by atoms with Gasteiger partial charge in [-0.05, 0) is 35.7 Å². The number of aliphatic imine (C=N–C) groups is 1. The van der Waals surface area contributed by atoms with Crippen molar-refractivity contribution in [2.75, 3.05) is 6.54 Å². The Morgan fingerprint density at radius 3 is 2.24 bits per heavy atom. The normalized spacial score (nSPS) is 11.4. The third kappa shape index (κ3) is 3.54. The van der Waals surface area contributed by atoms with Gasteiger partial charge in [-0.1, -0.05) is 60.7 Å². The summed E-state index contributed by atoms with van der Waals surface area (Å²) in [6, 6.07) is 23.0. The Kier molecular flexibility index (Phi) is 5.11. The average Bonchev–Trinajstić information content (AvgIpc) is 2.67. The summed E-state index contributed by atoms with van der Waals surface area (Å²) in [5.41, 5.74) is 7.03. The van der Waals surface area contributed by atoms with E-state index in [-0.39, 0.29) is 5.75 Å². The standard InChI is InChI=1S/C21H20N2O2/c1-2-22-21(23-25)19-10-6-9-18(15-11-13-17(24)14-12-15)20(19)16-7-4-3-5-8-16/h3-14,24-25H,2H2,1H3,(H,22,23). The molecule has 4 heteroatoms. The molecule has 0 spiro atoms. The Morgan fingerprint density at radius 1 is 0.880 bits per heavy atom. The van der Waals surface area contributed by atoms with Crippen LogP contribution in [0, 0.1) is 0 Å². The second kappa shape index (κ2) is 7.64.